The van der Waals surface area contributed by atoms with Gasteiger partial charge in [-0.05, 0) is 40.6 Å². The average molecular weight is 370 g/mol. The number of nitrogens with one attached hydrogen (secondary N) is 2. The second kappa shape index (κ2) is 6.86. The lowest BCUT2D eigenvalue weighted by atomic mass is 10.0. The number of aromatic nitrogens is 2. The van der Waals surface area contributed by atoms with Crippen molar-refractivity contribution in [3.8, 4) is 11.1 Å². The van der Waals surface area contributed by atoms with E-state index in [9.17, 15) is 8.78 Å². The Kier molecular flexibility index (Phi) is 4.40. The third-order valence-corrected chi connectivity index (χ3v) is 5.00. The van der Waals surface area contributed by atoms with Crippen LogP contribution >= 0.6 is 11.3 Å². The smallest absolute Gasteiger partial charge is 0.167 e. The van der Waals surface area contributed by atoms with Gasteiger partial charge in [0.15, 0.2) is 11.6 Å². The summed E-state index contributed by atoms with van der Waals surface area (Å²) in [5.41, 5.74) is 9.36. The van der Waals surface area contributed by atoms with Crippen LogP contribution in [-0.2, 0) is 0 Å². The molecule has 0 amide bonds. The van der Waals surface area contributed by atoms with E-state index in [4.69, 9.17) is 5.73 Å². The maximum atomic E-state index is 14.7. The lowest BCUT2D eigenvalue weighted by Gasteiger charge is -2.20. The molecule has 4 N–H and O–H groups in total. The number of nitrogens with two attached hydrogens (primary N) is 1. The van der Waals surface area contributed by atoms with Gasteiger partial charge in [-0.3, -0.25) is 0 Å². The number of fused-ring (bicyclic) bond motifs is 1. The van der Waals surface area contributed by atoms with Gasteiger partial charge >= 0.3 is 0 Å². The van der Waals surface area contributed by atoms with Gasteiger partial charge in [-0.1, -0.05) is 12.1 Å². The lowest BCUT2D eigenvalue weighted by molar-refractivity contribution is 0.495. The van der Waals surface area contributed by atoms with Crippen LogP contribution in [0.5, 0.6) is 0 Å². The fourth-order valence-electron chi connectivity index (χ4n) is 2.96. The van der Waals surface area contributed by atoms with Gasteiger partial charge in [-0.15, -0.1) is 0 Å². The monoisotopic (exact) mass is 370 g/mol. The number of anilines is 1. The highest BCUT2D eigenvalue weighted by Gasteiger charge is 2.20. The molecule has 132 valence electrons. The summed E-state index contributed by atoms with van der Waals surface area (Å²) in [5.74, 6) is -1.73. The second-order valence-electron chi connectivity index (χ2n) is 5.91. The van der Waals surface area contributed by atoms with Crippen molar-refractivity contribution < 1.29 is 8.78 Å². The zero-order valence-corrected chi connectivity index (χ0v) is 14.5. The SMILES string of the molecule is NCC(Nc1ccc2[nH]cnc2c1)c1ccc(-c2ccsc2)c(F)c1F. The predicted molar refractivity (Wildman–Crippen MR) is 101 cm³/mol. The number of nitrogens with zero attached hydrogens (tertiary/aromatic N) is 1. The summed E-state index contributed by atoms with van der Waals surface area (Å²) >= 11 is 1.44. The molecule has 0 saturated heterocycles. The number of hydrogen-bond donors (Lipinski definition) is 3. The van der Waals surface area contributed by atoms with Crippen LogP contribution in [0.2, 0.25) is 0 Å². The van der Waals surface area contributed by atoms with Gasteiger partial charge in [-0.2, -0.15) is 11.3 Å². The highest BCUT2D eigenvalue weighted by molar-refractivity contribution is 7.08. The van der Waals surface area contributed by atoms with Crippen molar-refractivity contribution in [2.45, 2.75) is 6.04 Å². The lowest BCUT2D eigenvalue weighted by Crippen LogP contribution is -2.22. The van der Waals surface area contributed by atoms with Gasteiger partial charge in [0, 0.05) is 23.4 Å². The minimum atomic E-state index is -0.877. The van der Waals surface area contributed by atoms with Crippen LogP contribution in [0.15, 0.2) is 53.5 Å². The van der Waals surface area contributed by atoms with Crippen LogP contribution in [0.25, 0.3) is 22.2 Å². The first-order chi connectivity index (χ1) is 12.7. The highest BCUT2D eigenvalue weighted by Crippen LogP contribution is 2.31. The van der Waals surface area contributed by atoms with Crippen LogP contribution < -0.4 is 11.1 Å². The summed E-state index contributed by atoms with van der Waals surface area (Å²) in [4.78, 5) is 7.21. The van der Waals surface area contributed by atoms with E-state index in [-0.39, 0.29) is 17.7 Å². The van der Waals surface area contributed by atoms with Crippen molar-refractivity contribution in [2.24, 2.45) is 5.73 Å². The number of rotatable bonds is 5. The van der Waals surface area contributed by atoms with Gasteiger partial charge in [0.2, 0.25) is 0 Å². The number of thiophene rings is 1. The van der Waals surface area contributed by atoms with Crippen LogP contribution in [0.4, 0.5) is 14.5 Å². The van der Waals surface area contributed by atoms with E-state index in [0.717, 1.165) is 16.7 Å². The van der Waals surface area contributed by atoms with Crippen LogP contribution in [0.1, 0.15) is 11.6 Å². The fourth-order valence-corrected chi connectivity index (χ4v) is 3.62. The molecule has 0 aliphatic heterocycles. The fraction of sp³-hybridized carbons (Fsp3) is 0.105. The zero-order valence-electron chi connectivity index (χ0n) is 13.7. The third-order valence-electron chi connectivity index (χ3n) is 4.32. The second-order valence-corrected chi connectivity index (χ2v) is 6.69. The Bertz CT molecular complexity index is 1040. The number of halogens is 2. The number of H-pyrrole nitrogens is 1. The van der Waals surface area contributed by atoms with E-state index in [2.05, 4.69) is 15.3 Å². The minimum Gasteiger partial charge on any atom is -0.377 e. The molecule has 0 saturated carbocycles. The van der Waals surface area contributed by atoms with Crippen molar-refractivity contribution in [2.75, 3.05) is 11.9 Å². The van der Waals surface area contributed by atoms with E-state index in [1.165, 1.54) is 11.3 Å². The predicted octanol–water partition coefficient (Wildman–Crippen LogP) is 4.68. The molecule has 0 aliphatic carbocycles. The molecule has 7 heteroatoms. The average Bonchev–Trinajstić information content (AvgIpc) is 3.33. The van der Waals surface area contributed by atoms with Crippen molar-refractivity contribution in [1.82, 2.24) is 9.97 Å². The number of imidazole rings is 1. The van der Waals surface area contributed by atoms with Crippen molar-refractivity contribution in [3.05, 3.63) is 70.7 Å². The standard InChI is InChI=1S/C19H16F2N4S/c20-18-13(11-5-6-26-9-11)2-3-14(19(18)21)17(8-22)25-12-1-4-15-16(7-12)24-10-23-15/h1-7,9-10,17,25H,8,22H2,(H,23,24). The Morgan fingerprint density at radius 1 is 1.15 bits per heavy atom. The molecule has 2 aromatic carbocycles. The largest absolute Gasteiger partial charge is 0.377 e. The molecule has 1 atom stereocenters. The molecule has 26 heavy (non-hydrogen) atoms. The topological polar surface area (TPSA) is 66.7 Å². The Balaban J connectivity index is 1.66. The molecule has 0 aliphatic rings. The van der Waals surface area contributed by atoms with Crippen LogP contribution in [0.3, 0.4) is 0 Å². The third kappa shape index (κ3) is 2.95. The van der Waals surface area contributed by atoms with Crippen LogP contribution in [-0.4, -0.2) is 16.5 Å². The van der Waals surface area contributed by atoms with E-state index < -0.39 is 17.7 Å². The summed E-state index contributed by atoms with van der Waals surface area (Å²) in [5, 5.41) is 6.78. The van der Waals surface area contributed by atoms with E-state index >= 15 is 0 Å². The molecule has 4 rings (SSSR count). The van der Waals surface area contributed by atoms with Crippen molar-refractivity contribution in [1.29, 1.82) is 0 Å². The molecule has 0 bridgehead atoms. The summed E-state index contributed by atoms with van der Waals surface area (Å²) in [6.07, 6.45) is 1.60. The number of benzene rings is 2. The Morgan fingerprint density at radius 3 is 2.81 bits per heavy atom. The van der Waals surface area contributed by atoms with Crippen molar-refractivity contribution in [3.63, 3.8) is 0 Å². The molecule has 4 aromatic rings. The summed E-state index contributed by atoms with van der Waals surface area (Å²) in [7, 11) is 0. The van der Waals surface area contributed by atoms with E-state index in [0.29, 0.717) is 5.56 Å². The maximum Gasteiger partial charge on any atom is 0.167 e. The van der Waals surface area contributed by atoms with Gasteiger partial charge < -0.3 is 16.0 Å². The quantitative estimate of drug-likeness (QED) is 0.478. The molecular formula is C19H16F2N4S. The molecular weight excluding hydrogens is 354 g/mol. The van der Waals surface area contributed by atoms with Crippen molar-refractivity contribution >= 4 is 28.1 Å². The summed E-state index contributed by atoms with van der Waals surface area (Å²) in [6, 6.07) is 9.94. The first kappa shape index (κ1) is 16.7. The number of aromatic amines is 1. The Labute approximate surface area is 152 Å². The molecule has 0 spiro atoms. The van der Waals surface area contributed by atoms with Gasteiger partial charge in [-0.25, -0.2) is 13.8 Å². The molecule has 0 fully saturated rings. The van der Waals surface area contributed by atoms with Gasteiger partial charge in [0.25, 0.3) is 0 Å². The maximum absolute atomic E-state index is 14.7. The first-order valence-corrected chi connectivity index (χ1v) is 9.02. The zero-order chi connectivity index (χ0) is 18.1. The molecule has 1 unspecified atom stereocenters. The van der Waals surface area contributed by atoms with Crippen LogP contribution in [0, 0.1) is 11.6 Å². The van der Waals surface area contributed by atoms with E-state index in [1.807, 2.05) is 23.6 Å². The van der Waals surface area contributed by atoms with Gasteiger partial charge in [0.1, 0.15) is 0 Å². The van der Waals surface area contributed by atoms with E-state index in [1.54, 1.807) is 29.9 Å². The normalized spacial score (nSPS) is 12.4. The molecule has 0 radical (unpaired) electrons. The molecule has 4 nitrogen and oxygen atoms in total. The molecule has 2 aromatic heterocycles. The summed E-state index contributed by atoms with van der Waals surface area (Å²) < 4.78 is 29.3. The first-order valence-electron chi connectivity index (χ1n) is 8.07. The Hall–Kier alpha value is -2.77. The highest BCUT2D eigenvalue weighted by atomic mass is 32.1. The summed E-state index contributed by atoms with van der Waals surface area (Å²) in [6.45, 7) is 0.118. The molecule has 2 heterocycles. The Morgan fingerprint density at radius 2 is 2.04 bits per heavy atom. The number of hydrogen-bond acceptors (Lipinski definition) is 4. The minimum absolute atomic E-state index is 0.118. The van der Waals surface area contributed by atoms with Gasteiger partial charge in [0.05, 0.1) is 23.4 Å².